The van der Waals surface area contributed by atoms with Gasteiger partial charge in [0.15, 0.2) is 0 Å². The number of ether oxygens (including phenoxy) is 2. The average Bonchev–Trinajstić information content (AvgIpc) is 2.97. The molecule has 1 saturated heterocycles. The van der Waals surface area contributed by atoms with E-state index in [2.05, 4.69) is 4.74 Å². The number of esters is 1. The van der Waals surface area contributed by atoms with Crippen molar-refractivity contribution in [3.05, 3.63) is 0 Å². The summed E-state index contributed by atoms with van der Waals surface area (Å²) in [7, 11) is 1.37. The first-order valence-corrected chi connectivity index (χ1v) is 7.59. The van der Waals surface area contributed by atoms with Crippen molar-refractivity contribution in [2.45, 2.75) is 52.1 Å². The molecule has 116 valence electrons. The van der Waals surface area contributed by atoms with Gasteiger partial charge in [-0.15, -0.1) is 0 Å². The number of carbonyl (C=O) groups excluding carboxylic acids is 2. The number of carbonyl (C=O) groups is 2. The van der Waals surface area contributed by atoms with Gasteiger partial charge in [-0.2, -0.15) is 0 Å². The predicted molar refractivity (Wildman–Crippen MR) is 76.3 cm³/mol. The summed E-state index contributed by atoms with van der Waals surface area (Å²) in [4.78, 5) is 25.6. The van der Waals surface area contributed by atoms with Crippen molar-refractivity contribution in [1.29, 1.82) is 0 Å². The van der Waals surface area contributed by atoms with E-state index in [4.69, 9.17) is 4.74 Å². The van der Waals surface area contributed by atoms with E-state index in [-0.39, 0.29) is 30.3 Å². The number of amides is 1. The maximum absolute atomic E-state index is 12.5. The van der Waals surface area contributed by atoms with Gasteiger partial charge in [-0.05, 0) is 25.7 Å². The van der Waals surface area contributed by atoms with Crippen molar-refractivity contribution in [2.75, 3.05) is 26.8 Å². The third kappa shape index (κ3) is 5.12. The van der Waals surface area contributed by atoms with Crippen LogP contribution in [0.3, 0.4) is 0 Å². The van der Waals surface area contributed by atoms with Crippen LogP contribution in [0.15, 0.2) is 0 Å². The van der Waals surface area contributed by atoms with Gasteiger partial charge in [-0.3, -0.25) is 9.59 Å². The van der Waals surface area contributed by atoms with Gasteiger partial charge >= 0.3 is 5.97 Å². The molecule has 1 aliphatic heterocycles. The van der Waals surface area contributed by atoms with E-state index in [1.54, 1.807) is 4.90 Å². The molecule has 0 aliphatic carbocycles. The molecule has 1 aliphatic rings. The molecule has 0 N–H and O–H groups in total. The van der Waals surface area contributed by atoms with Crippen LogP contribution in [-0.4, -0.2) is 49.7 Å². The zero-order valence-electron chi connectivity index (χ0n) is 12.9. The van der Waals surface area contributed by atoms with Gasteiger partial charge in [0.05, 0.1) is 19.6 Å². The van der Waals surface area contributed by atoms with E-state index in [9.17, 15) is 9.59 Å². The zero-order chi connectivity index (χ0) is 15.0. The highest BCUT2D eigenvalue weighted by Gasteiger charge is 2.26. The standard InChI is InChI=1S/C15H27NO4/c1-4-12(5-2)15(18)16(9-8-14(17)19-3)11-13-7-6-10-20-13/h12-13H,4-11H2,1-3H3. The Morgan fingerprint density at radius 2 is 2.05 bits per heavy atom. The minimum absolute atomic E-state index is 0.0362. The quantitative estimate of drug-likeness (QED) is 0.640. The van der Waals surface area contributed by atoms with Crippen LogP contribution in [0.25, 0.3) is 0 Å². The summed E-state index contributed by atoms with van der Waals surface area (Å²) in [5.41, 5.74) is 0. The Morgan fingerprint density at radius 1 is 1.35 bits per heavy atom. The van der Waals surface area contributed by atoms with E-state index in [1.165, 1.54) is 7.11 Å². The van der Waals surface area contributed by atoms with E-state index in [1.807, 2.05) is 13.8 Å². The topological polar surface area (TPSA) is 55.8 Å². The second-order valence-electron chi connectivity index (χ2n) is 5.26. The summed E-state index contributed by atoms with van der Waals surface area (Å²) < 4.78 is 10.3. The molecule has 20 heavy (non-hydrogen) atoms. The largest absolute Gasteiger partial charge is 0.469 e. The molecular formula is C15H27NO4. The van der Waals surface area contributed by atoms with Crippen LogP contribution in [0, 0.1) is 5.92 Å². The lowest BCUT2D eigenvalue weighted by molar-refractivity contribution is -0.143. The Bertz CT molecular complexity index is 309. The van der Waals surface area contributed by atoms with Crippen LogP contribution in [0.5, 0.6) is 0 Å². The second kappa shape index (κ2) is 8.95. The van der Waals surface area contributed by atoms with Crippen LogP contribution >= 0.6 is 0 Å². The molecule has 0 spiro atoms. The SMILES string of the molecule is CCC(CC)C(=O)N(CCC(=O)OC)CC1CCCO1. The summed E-state index contributed by atoms with van der Waals surface area (Å²) in [6.07, 6.45) is 4.06. The van der Waals surface area contributed by atoms with Crippen LogP contribution in [0.2, 0.25) is 0 Å². The summed E-state index contributed by atoms with van der Waals surface area (Å²) >= 11 is 0. The lowest BCUT2D eigenvalue weighted by Gasteiger charge is -2.28. The van der Waals surface area contributed by atoms with Gasteiger partial charge in [-0.25, -0.2) is 0 Å². The molecule has 0 saturated carbocycles. The molecule has 1 fully saturated rings. The Morgan fingerprint density at radius 3 is 2.55 bits per heavy atom. The first-order chi connectivity index (χ1) is 9.62. The van der Waals surface area contributed by atoms with Crippen LogP contribution < -0.4 is 0 Å². The first-order valence-electron chi connectivity index (χ1n) is 7.59. The Kier molecular flexibility index (Phi) is 7.59. The van der Waals surface area contributed by atoms with Gasteiger partial charge in [0.1, 0.15) is 0 Å². The van der Waals surface area contributed by atoms with Crippen molar-refractivity contribution >= 4 is 11.9 Å². The molecular weight excluding hydrogens is 258 g/mol. The van der Waals surface area contributed by atoms with Crippen LogP contribution in [0.1, 0.15) is 46.0 Å². The molecule has 1 amide bonds. The van der Waals surface area contributed by atoms with Gasteiger partial charge in [-0.1, -0.05) is 13.8 Å². The van der Waals surface area contributed by atoms with E-state index < -0.39 is 0 Å². The van der Waals surface area contributed by atoms with E-state index >= 15 is 0 Å². The lowest BCUT2D eigenvalue weighted by Crippen LogP contribution is -2.42. The normalized spacial score (nSPS) is 18.3. The molecule has 1 atom stereocenters. The fourth-order valence-electron chi connectivity index (χ4n) is 2.55. The molecule has 1 heterocycles. The number of nitrogens with zero attached hydrogens (tertiary/aromatic N) is 1. The highest BCUT2D eigenvalue weighted by molar-refractivity contribution is 5.79. The molecule has 1 rings (SSSR count). The van der Waals surface area contributed by atoms with Crippen molar-refractivity contribution in [3.8, 4) is 0 Å². The fraction of sp³-hybridized carbons (Fsp3) is 0.867. The molecule has 0 radical (unpaired) electrons. The molecule has 0 aromatic heterocycles. The Hall–Kier alpha value is -1.10. The molecule has 1 unspecified atom stereocenters. The van der Waals surface area contributed by atoms with E-state index in [0.717, 1.165) is 32.3 Å². The smallest absolute Gasteiger partial charge is 0.307 e. The molecule has 5 heteroatoms. The lowest BCUT2D eigenvalue weighted by atomic mass is 10.0. The maximum Gasteiger partial charge on any atom is 0.307 e. The Labute approximate surface area is 121 Å². The zero-order valence-corrected chi connectivity index (χ0v) is 12.9. The summed E-state index contributed by atoms with van der Waals surface area (Å²) in [5, 5.41) is 0. The highest BCUT2D eigenvalue weighted by atomic mass is 16.5. The molecule has 0 bridgehead atoms. The van der Waals surface area contributed by atoms with Gasteiger partial charge in [0, 0.05) is 25.6 Å². The minimum Gasteiger partial charge on any atom is -0.469 e. The monoisotopic (exact) mass is 285 g/mol. The van der Waals surface area contributed by atoms with Crippen molar-refractivity contribution in [3.63, 3.8) is 0 Å². The molecule has 0 aromatic carbocycles. The third-order valence-electron chi connectivity index (χ3n) is 3.91. The Balaban J connectivity index is 2.61. The van der Waals surface area contributed by atoms with E-state index in [0.29, 0.717) is 13.1 Å². The fourth-order valence-corrected chi connectivity index (χ4v) is 2.55. The number of rotatable bonds is 8. The summed E-state index contributed by atoms with van der Waals surface area (Å²) in [6, 6.07) is 0. The average molecular weight is 285 g/mol. The van der Waals surface area contributed by atoms with Crippen molar-refractivity contribution in [1.82, 2.24) is 4.90 Å². The third-order valence-corrected chi connectivity index (χ3v) is 3.91. The van der Waals surface area contributed by atoms with Gasteiger partial charge < -0.3 is 14.4 Å². The van der Waals surface area contributed by atoms with Crippen LogP contribution in [-0.2, 0) is 19.1 Å². The number of hydrogen-bond acceptors (Lipinski definition) is 4. The van der Waals surface area contributed by atoms with Crippen molar-refractivity contribution < 1.29 is 19.1 Å². The van der Waals surface area contributed by atoms with Crippen molar-refractivity contribution in [2.24, 2.45) is 5.92 Å². The molecule has 0 aromatic rings. The highest BCUT2D eigenvalue weighted by Crippen LogP contribution is 2.17. The van der Waals surface area contributed by atoms with Crippen LogP contribution in [0.4, 0.5) is 0 Å². The maximum atomic E-state index is 12.5. The minimum atomic E-state index is -0.278. The number of hydrogen-bond donors (Lipinski definition) is 0. The van der Waals surface area contributed by atoms with Gasteiger partial charge in [0.25, 0.3) is 0 Å². The summed E-state index contributed by atoms with van der Waals surface area (Å²) in [5.74, 6) is -0.108. The second-order valence-corrected chi connectivity index (χ2v) is 5.26. The first kappa shape index (κ1) is 17.0. The van der Waals surface area contributed by atoms with Gasteiger partial charge in [0.2, 0.25) is 5.91 Å². The summed E-state index contributed by atoms with van der Waals surface area (Å²) in [6.45, 7) is 5.83. The predicted octanol–water partition coefficient (Wildman–Crippen LogP) is 1.99. The number of methoxy groups -OCH3 is 1. The molecule has 5 nitrogen and oxygen atoms in total.